The first-order chi connectivity index (χ1) is 17.4. The Labute approximate surface area is 229 Å². The van der Waals surface area contributed by atoms with Crippen LogP contribution in [0.4, 0.5) is 5.69 Å². The molecule has 2 fully saturated rings. The quantitative estimate of drug-likeness (QED) is 0.274. The molecule has 7 nitrogen and oxygen atoms in total. The monoisotopic (exact) mass is 620 g/mol. The molecule has 2 aliphatic rings. The molecule has 1 saturated carbocycles. The number of para-hydroxylation sites is 1. The number of ether oxygens (including phenoxy) is 2. The Morgan fingerprint density at radius 1 is 1.22 bits per heavy atom. The van der Waals surface area contributed by atoms with Gasteiger partial charge in [-0.3, -0.25) is 9.69 Å². The van der Waals surface area contributed by atoms with Gasteiger partial charge in [-0.2, -0.15) is 0 Å². The second kappa shape index (κ2) is 12.1. The average Bonchev–Trinajstić information content (AvgIpc) is 3.13. The molecule has 4 rings (SSSR count). The third-order valence-corrected chi connectivity index (χ3v) is 7.97. The van der Waals surface area contributed by atoms with Crippen LogP contribution in [0.25, 0.3) is 6.08 Å². The maximum absolute atomic E-state index is 13.7. The van der Waals surface area contributed by atoms with Crippen molar-refractivity contribution < 1.29 is 24.2 Å². The van der Waals surface area contributed by atoms with Crippen LogP contribution in [0.3, 0.4) is 0 Å². The van der Waals surface area contributed by atoms with Gasteiger partial charge in [0.15, 0.2) is 23.3 Å². The molecular weight excluding hydrogens is 591 g/mol. The first kappa shape index (κ1) is 26.5. The minimum Gasteiger partial charge on any atom is -0.490 e. The molecule has 1 saturated heterocycles. The van der Waals surface area contributed by atoms with Crippen LogP contribution in [0, 0.1) is 9.49 Å². The SMILES string of the molecule is CCOc1cc(/C=C2\SC(=Nc3ccccc3)N([C@H]3CCCC[C@H]3C)C2=O)cc(I)c1OCC(=O)O. The maximum Gasteiger partial charge on any atom is 0.341 e. The highest BCUT2D eigenvalue weighted by Gasteiger charge is 2.41. The molecule has 1 heterocycles. The van der Waals surface area contributed by atoms with E-state index in [4.69, 9.17) is 19.6 Å². The average molecular weight is 621 g/mol. The van der Waals surface area contributed by atoms with E-state index in [-0.39, 0.29) is 11.9 Å². The molecule has 0 radical (unpaired) electrons. The normalized spacial score (nSPS) is 22.3. The highest BCUT2D eigenvalue weighted by molar-refractivity contribution is 14.1. The molecule has 36 heavy (non-hydrogen) atoms. The first-order valence-corrected chi connectivity index (χ1v) is 13.9. The molecule has 2 aromatic carbocycles. The summed E-state index contributed by atoms with van der Waals surface area (Å²) in [7, 11) is 0. The van der Waals surface area contributed by atoms with E-state index in [1.54, 1.807) is 6.07 Å². The Balaban J connectivity index is 1.70. The van der Waals surface area contributed by atoms with Crippen LogP contribution >= 0.6 is 34.4 Å². The van der Waals surface area contributed by atoms with Gasteiger partial charge in [0.05, 0.1) is 20.8 Å². The lowest BCUT2D eigenvalue weighted by atomic mass is 9.85. The predicted molar refractivity (Wildman–Crippen MR) is 151 cm³/mol. The van der Waals surface area contributed by atoms with Crippen LogP contribution < -0.4 is 9.47 Å². The maximum atomic E-state index is 13.7. The minimum absolute atomic E-state index is 0.0346. The zero-order chi connectivity index (χ0) is 25.7. The van der Waals surface area contributed by atoms with Gasteiger partial charge in [-0.15, -0.1) is 0 Å². The van der Waals surface area contributed by atoms with Crippen LogP contribution in [0.5, 0.6) is 11.5 Å². The fourth-order valence-electron chi connectivity index (χ4n) is 4.51. The van der Waals surface area contributed by atoms with Crippen molar-refractivity contribution in [2.45, 2.75) is 45.6 Å². The Morgan fingerprint density at radius 2 is 1.97 bits per heavy atom. The number of halogens is 1. The lowest BCUT2D eigenvalue weighted by molar-refractivity contribution is -0.139. The summed E-state index contributed by atoms with van der Waals surface area (Å²) in [5, 5.41) is 9.71. The van der Waals surface area contributed by atoms with E-state index in [0.29, 0.717) is 37.7 Å². The summed E-state index contributed by atoms with van der Waals surface area (Å²) in [6.07, 6.45) is 6.22. The second-order valence-electron chi connectivity index (χ2n) is 8.79. The largest absolute Gasteiger partial charge is 0.490 e. The number of amidine groups is 1. The molecule has 1 aliphatic carbocycles. The number of amides is 1. The molecule has 1 amide bonds. The molecule has 0 spiro atoms. The highest BCUT2D eigenvalue weighted by Crippen LogP contribution is 2.41. The van der Waals surface area contributed by atoms with E-state index in [0.717, 1.165) is 30.5 Å². The smallest absolute Gasteiger partial charge is 0.341 e. The Bertz CT molecular complexity index is 1180. The van der Waals surface area contributed by atoms with Crippen molar-refractivity contribution in [3.05, 3.63) is 56.5 Å². The molecule has 2 atom stereocenters. The molecule has 0 bridgehead atoms. The number of benzene rings is 2. The zero-order valence-electron chi connectivity index (χ0n) is 20.3. The van der Waals surface area contributed by atoms with E-state index >= 15 is 0 Å². The summed E-state index contributed by atoms with van der Waals surface area (Å²) >= 11 is 3.49. The zero-order valence-corrected chi connectivity index (χ0v) is 23.3. The number of carboxylic acid groups (broad SMARTS) is 1. The number of aliphatic carboxylic acids is 1. The Kier molecular flexibility index (Phi) is 8.95. The van der Waals surface area contributed by atoms with Crippen molar-refractivity contribution in [1.29, 1.82) is 0 Å². The molecule has 0 aromatic heterocycles. The van der Waals surface area contributed by atoms with Gasteiger partial charge < -0.3 is 14.6 Å². The number of thioether (sulfide) groups is 1. The van der Waals surface area contributed by atoms with Crippen molar-refractivity contribution in [1.82, 2.24) is 4.90 Å². The van der Waals surface area contributed by atoms with Gasteiger partial charge in [0.2, 0.25) is 0 Å². The number of rotatable bonds is 8. The van der Waals surface area contributed by atoms with Gasteiger partial charge in [-0.1, -0.05) is 38.0 Å². The van der Waals surface area contributed by atoms with Crippen molar-refractivity contribution in [3.8, 4) is 11.5 Å². The van der Waals surface area contributed by atoms with Crippen LogP contribution in [0.1, 0.15) is 45.1 Å². The summed E-state index contributed by atoms with van der Waals surface area (Å²) in [5.41, 5.74) is 1.59. The van der Waals surface area contributed by atoms with Crippen LogP contribution in [0.15, 0.2) is 52.4 Å². The van der Waals surface area contributed by atoms with Gasteiger partial charge in [-0.05, 0) is 95.9 Å². The summed E-state index contributed by atoms with van der Waals surface area (Å²) in [6.45, 7) is 4.01. The van der Waals surface area contributed by atoms with E-state index < -0.39 is 12.6 Å². The number of carbonyl (C=O) groups is 2. The van der Waals surface area contributed by atoms with E-state index in [2.05, 4.69) is 29.5 Å². The minimum atomic E-state index is -1.06. The molecule has 9 heteroatoms. The van der Waals surface area contributed by atoms with E-state index in [9.17, 15) is 9.59 Å². The topological polar surface area (TPSA) is 88.4 Å². The lowest BCUT2D eigenvalue weighted by Crippen LogP contribution is -2.44. The number of aliphatic imine (C=N–C) groups is 1. The first-order valence-electron chi connectivity index (χ1n) is 12.0. The van der Waals surface area contributed by atoms with Gasteiger partial charge in [0.1, 0.15) is 0 Å². The van der Waals surface area contributed by atoms with E-state index in [1.807, 2.05) is 54.3 Å². The van der Waals surface area contributed by atoms with Crippen molar-refractivity contribution >= 4 is 63.2 Å². The van der Waals surface area contributed by atoms with Crippen molar-refractivity contribution in [2.24, 2.45) is 10.9 Å². The van der Waals surface area contributed by atoms with Gasteiger partial charge in [0.25, 0.3) is 5.91 Å². The van der Waals surface area contributed by atoms with Crippen LogP contribution in [-0.2, 0) is 9.59 Å². The summed E-state index contributed by atoms with van der Waals surface area (Å²) in [6, 6.07) is 13.5. The Hall–Kier alpha value is -2.53. The summed E-state index contributed by atoms with van der Waals surface area (Å²) < 4.78 is 11.9. The Morgan fingerprint density at radius 3 is 2.67 bits per heavy atom. The van der Waals surface area contributed by atoms with E-state index in [1.165, 1.54) is 18.2 Å². The van der Waals surface area contributed by atoms with Crippen LogP contribution in [0.2, 0.25) is 0 Å². The molecule has 2 aromatic rings. The standard InChI is InChI=1S/C27H29IN2O5S/c1-3-34-22-14-18(13-20(28)25(22)35-16-24(31)32)15-23-26(33)30(21-12-8-7-9-17(21)2)27(36-23)29-19-10-5-4-6-11-19/h4-6,10-11,13-15,17,21H,3,7-9,12,16H2,1-2H3,(H,31,32)/b23-15-,29-27?/t17-,21+/m1/s1. The van der Waals surface area contributed by atoms with Crippen molar-refractivity contribution in [2.75, 3.05) is 13.2 Å². The van der Waals surface area contributed by atoms with Gasteiger partial charge in [-0.25, -0.2) is 9.79 Å². The number of hydrogen-bond donors (Lipinski definition) is 1. The fraction of sp³-hybridized carbons (Fsp3) is 0.370. The third kappa shape index (κ3) is 6.23. The summed E-state index contributed by atoms with van der Waals surface area (Å²) in [4.78, 5) is 32.1. The number of hydrogen-bond acceptors (Lipinski definition) is 6. The predicted octanol–water partition coefficient (Wildman–Crippen LogP) is 6.34. The van der Waals surface area contributed by atoms with Crippen molar-refractivity contribution in [3.63, 3.8) is 0 Å². The number of carboxylic acids is 1. The molecule has 190 valence electrons. The summed E-state index contributed by atoms with van der Waals surface area (Å²) in [5.74, 6) is 0.141. The molecular formula is C27H29IN2O5S. The number of nitrogens with zero attached hydrogens (tertiary/aromatic N) is 2. The molecule has 1 aliphatic heterocycles. The molecule has 1 N–H and O–H groups in total. The number of carbonyl (C=O) groups excluding carboxylic acids is 1. The third-order valence-electron chi connectivity index (χ3n) is 6.19. The lowest BCUT2D eigenvalue weighted by Gasteiger charge is -2.35. The second-order valence-corrected chi connectivity index (χ2v) is 11.0. The highest BCUT2D eigenvalue weighted by atomic mass is 127. The fourth-order valence-corrected chi connectivity index (χ4v) is 6.34. The van der Waals surface area contributed by atoms with Gasteiger partial charge >= 0.3 is 5.97 Å². The van der Waals surface area contributed by atoms with Crippen LogP contribution in [-0.4, -0.2) is 46.3 Å². The molecule has 0 unspecified atom stereocenters. The van der Waals surface area contributed by atoms with Gasteiger partial charge in [0, 0.05) is 6.04 Å².